The summed E-state index contributed by atoms with van der Waals surface area (Å²) in [5.41, 5.74) is 10.6. The molecule has 3 rings (SSSR count). The van der Waals surface area contributed by atoms with Crippen molar-refractivity contribution in [3.63, 3.8) is 0 Å². The maximum Gasteiger partial charge on any atom is 0.275 e. The van der Waals surface area contributed by atoms with Gasteiger partial charge in [0.1, 0.15) is 11.6 Å². The molecule has 1 aliphatic heterocycles. The van der Waals surface area contributed by atoms with Crippen molar-refractivity contribution in [1.29, 1.82) is 0 Å². The summed E-state index contributed by atoms with van der Waals surface area (Å²) in [5, 5.41) is 10.1. The molecule has 0 spiro atoms. The molecule has 0 saturated carbocycles. The van der Waals surface area contributed by atoms with E-state index in [0.717, 1.165) is 17.1 Å². The van der Waals surface area contributed by atoms with E-state index in [1.807, 2.05) is 32.0 Å². The van der Waals surface area contributed by atoms with Crippen molar-refractivity contribution in [2.45, 2.75) is 26.9 Å². The molecule has 0 saturated heterocycles. The molecule has 9 heteroatoms. The van der Waals surface area contributed by atoms with Crippen LogP contribution in [0.1, 0.15) is 25.0 Å². The topological polar surface area (TPSA) is 114 Å². The Hall–Kier alpha value is -2.78. The average molecular weight is 369 g/mol. The zero-order valence-corrected chi connectivity index (χ0v) is 14.5. The molecule has 2 aromatic rings. The molecule has 0 aliphatic carbocycles. The van der Waals surface area contributed by atoms with Gasteiger partial charge in [0.25, 0.3) is 5.69 Å². The Morgan fingerprint density at radius 2 is 1.62 bits per heavy atom. The molecule has 7 nitrogen and oxygen atoms in total. The first kappa shape index (κ1) is 21.3. The summed E-state index contributed by atoms with van der Waals surface area (Å²) in [5.74, 6) is -0.376. The minimum absolute atomic E-state index is 0.323. The SMILES string of the molecule is CC.NCc1c(F)cc([N+](=O)[O-])cc1F.NCc1ccc2c(c1)OCO2. The van der Waals surface area contributed by atoms with E-state index >= 15 is 0 Å². The van der Waals surface area contributed by atoms with E-state index in [4.69, 9.17) is 20.9 Å². The summed E-state index contributed by atoms with van der Waals surface area (Å²) in [6, 6.07) is 7.01. The van der Waals surface area contributed by atoms with Crippen molar-refractivity contribution in [1.82, 2.24) is 0 Å². The summed E-state index contributed by atoms with van der Waals surface area (Å²) >= 11 is 0. The van der Waals surface area contributed by atoms with Gasteiger partial charge in [-0.25, -0.2) is 8.78 Å². The number of hydrogen-bond donors (Lipinski definition) is 2. The Labute approximate surface area is 149 Å². The normalized spacial score (nSPS) is 11.0. The van der Waals surface area contributed by atoms with Gasteiger partial charge >= 0.3 is 0 Å². The first-order valence-electron chi connectivity index (χ1n) is 7.87. The van der Waals surface area contributed by atoms with E-state index in [9.17, 15) is 18.9 Å². The van der Waals surface area contributed by atoms with Crippen molar-refractivity contribution in [3.8, 4) is 11.5 Å². The van der Waals surface area contributed by atoms with E-state index in [-0.39, 0.29) is 12.1 Å². The van der Waals surface area contributed by atoms with Gasteiger partial charge in [0.15, 0.2) is 11.5 Å². The second-order valence-electron chi connectivity index (χ2n) is 4.74. The first-order chi connectivity index (χ1) is 12.5. The second kappa shape index (κ2) is 10.3. The van der Waals surface area contributed by atoms with E-state index in [1.165, 1.54) is 0 Å². The summed E-state index contributed by atoms with van der Waals surface area (Å²) in [7, 11) is 0. The number of non-ortho nitro benzene ring substituents is 1. The molecule has 2 aromatic carbocycles. The van der Waals surface area contributed by atoms with E-state index in [2.05, 4.69) is 0 Å². The Morgan fingerprint density at radius 3 is 2.12 bits per heavy atom. The van der Waals surface area contributed by atoms with Crippen LogP contribution in [0.3, 0.4) is 0 Å². The van der Waals surface area contributed by atoms with Gasteiger partial charge in [-0.2, -0.15) is 0 Å². The quantitative estimate of drug-likeness (QED) is 0.634. The van der Waals surface area contributed by atoms with Crippen LogP contribution in [0.15, 0.2) is 30.3 Å². The van der Waals surface area contributed by atoms with Crippen molar-refractivity contribution >= 4 is 5.69 Å². The van der Waals surface area contributed by atoms with E-state index < -0.39 is 22.2 Å². The van der Waals surface area contributed by atoms with Gasteiger partial charge in [0, 0.05) is 18.7 Å². The number of hydrogen-bond acceptors (Lipinski definition) is 6. The smallest absolute Gasteiger partial charge is 0.275 e. The monoisotopic (exact) mass is 369 g/mol. The third kappa shape index (κ3) is 5.36. The van der Waals surface area contributed by atoms with Crippen LogP contribution in [0.25, 0.3) is 0 Å². The Balaban J connectivity index is 0.000000239. The molecule has 0 bridgehead atoms. The van der Waals surface area contributed by atoms with Crippen LogP contribution in [0.2, 0.25) is 0 Å². The highest BCUT2D eigenvalue weighted by Crippen LogP contribution is 2.32. The fraction of sp³-hybridized carbons (Fsp3) is 0.294. The van der Waals surface area contributed by atoms with Crippen molar-refractivity contribution < 1.29 is 23.2 Å². The minimum Gasteiger partial charge on any atom is -0.454 e. The molecule has 4 N–H and O–H groups in total. The predicted octanol–water partition coefficient (Wildman–Crippen LogP) is 3.23. The average Bonchev–Trinajstić information content (AvgIpc) is 3.11. The standard InChI is InChI=1S/C8H9NO2.C7H6F2N2O2.C2H6/c9-4-6-1-2-7-8(3-6)11-5-10-7;8-6-1-4(11(12)13)2-7(9)5(6)3-10;1-2/h1-3H,4-5,9H2;1-2H,3,10H2;1-2H3. The highest BCUT2D eigenvalue weighted by Gasteiger charge is 2.15. The number of fused-ring (bicyclic) bond motifs is 1. The number of nitrogens with zero attached hydrogens (tertiary/aromatic N) is 1. The number of nitro groups is 1. The molecule has 0 unspecified atom stereocenters. The molecule has 0 radical (unpaired) electrons. The lowest BCUT2D eigenvalue weighted by Gasteiger charge is -2.00. The summed E-state index contributed by atoms with van der Waals surface area (Å²) in [4.78, 5) is 9.28. The lowest BCUT2D eigenvalue weighted by Crippen LogP contribution is -2.04. The minimum atomic E-state index is -0.991. The van der Waals surface area contributed by atoms with Crippen LogP contribution in [-0.4, -0.2) is 11.7 Å². The van der Waals surface area contributed by atoms with Gasteiger partial charge in [0.2, 0.25) is 6.79 Å². The van der Waals surface area contributed by atoms with Gasteiger partial charge < -0.3 is 20.9 Å². The molecule has 142 valence electrons. The summed E-state index contributed by atoms with van der Waals surface area (Å²) < 4.78 is 36.0. The fourth-order valence-corrected chi connectivity index (χ4v) is 1.96. The third-order valence-corrected chi connectivity index (χ3v) is 3.21. The predicted molar refractivity (Wildman–Crippen MR) is 92.7 cm³/mol. The number of rotatable bonds is 3. The van der Waals surface area contributed by atoms with E-state index in [0.29, 0.717) is 25.5 Å². The zero-order valence-electron chi connectivity index (χ0n) is 14.5. The van der Waals surface area contributed by atoms with Gasteiger partial charge in [-0.05, 0) is 17.7 Å². The number of ether oxygens (including phenoxy) is 2. The van der Waals surface area contributed by atoms with Crippen LogP contribution in [0.5, 0.6) is 11.5 Å². The third-order valence-electron chi connectivity index (χ3n) is 3.21. The molecule has 1 aliphatic rings. The number of benzene rings is 2. The van der Waals surface area contributed by atoms with Gasteiger partial charge in [-0.3, -0.25) is 10.1 Å². The van der Waals surface area contributed by atoms with Gasteiger partial charge in [-0.15, -0.1) is 0 Å². The molecular formula is C17H21F2N3O4. The maximum absolute atomic E-state index is 12.8. The van der Waals surface area contributed by atoms with Crippen LogP contribution in [0.4, 0.5) is 14.5 Å². The van der Waals surface area contributed by atoms with Crippen LogP contribution in [-0.2, 0) is 13.1 Å². The molecule has 0 aromatic heterocycles. The molecule has 1 heterocycles. The van der Waals surface area contributed by atoms with Gasteiger partial charge in [0.05, 0.1) is 17.1 Å². The Bertz CT molecular complexity index is 734. The molecule has 0 amide bonds. The Kier molecular flexibility index (Phi) is 8.40. The number of nitro benzene ring substituents is 1. The maximum atomic E-state index is 12.8. The first-order valence-corrected chi connectivity index (χ1v) is 7.87. The zero-order chi connectivity index (χ0) is 19.7. The van der Waals surface area contributed by atoms with Crippen LogP contribution < -0.4 is 20.9 Å². The van der Waals surface area contributed by atoms with Crippen LogP contribution in [0, 0.1) is 21.7 Å². The second-order valence-corrected chi connectivity index (χ2v) is 4.74. The largest absolute Gasteiger partial charge is 0.454 e. The number of halogens is 2. The molecule has 0 atom stereocenters. The lowest BCUT2D eigenvalue weighted by molar-refractivity contribution is -0.385. The van der Waals surface area contributed by atoms with E-state index in [1.54, 1.807) is 0 Å². The number of nitrogens with two attached hydrogens (primary N) is 2. The fourth-order valence-electron chi connectivity index (χ4n) is 1.96. The van der Waals surface area contributed by atoms with Gasteiger partial charge in [-0.1, -0.05) is 19.9 Å². The molecular weight excluding hydrogens is 348 g/mol. The van der Waals surface area contributed by atoms with Crippen molar-refractivity contribution in [2.24, 2.45) is 11.5 Å². The molecule has 0 fully saturated rings. The Morgan fingerprint density at radius 1 is 1.04 bits per heavy atom. The lowest BCUT2D eigenvalue weighted by atomic mass is 10.2. The van der Waals surface area contributed by atoms with Crippen molar-refractivity contribution in [3.05, 3.63) is 63.2 Å². The summed E-state index contributed by atoms with van der Waals surface area (Å²) in [6.07, 6.45) is 0. The highest BCUT2D eigenvalue weighted by atomic mass is 19.1. The molecule has 26 heavy (non-hydrogen) atoms. The van der Waals surface area contributed by atoms with Crippen molar-refractivity contribution in [2.75, 3.05) is 6.79 Å². The van der Waals surface area contributed by atoms with Crippen LogP contribution >= 0.6 is 0 Å². The highest BCUT2D eigenvalue weighted by molar-refractivity contribution is 5.44. The summed E-state index contributed by atoms with van der Waals surface area (Å²) in [6.45, 7) is 4.54.